The molecule has 2 rings (SSSR count). The summed E-state index contributed by atoms with van der Waals surface area (Å²) in [4.78, 5) is 4.21. The quantitative estimate of drug-likeness (QED) is 0.415. The summed E-state index contributed by atoms with van der Waals surface area (Å²) in [6.45, 7) is 6.00. The normalized spacial score (nSPS) is 15.0. The Morgan fingerprint density at radius 2 is 2.10 bits per heavy atom. The molecule has 1 fully saturated rings. The van der Waals surface area contributed by atoms with Crippen LogP contribution in [0.4, 0.5) is 0 Å². The molecule has 6 heteroatoms. The minimum absolute atomic E-state index is 0. The second-order valence-electron chi connectivity index (χ2n) is 5.48. The van der Waals surface area contributed by atoms with Crippen LogP contribution in [0.1, 0.15) is 56.9 Å². The van der Waals surface area contributed by atoms with E-state index in [1.165, 1.54) is 12.8 Å². The van der Waals surface area contributed by atoms with Crippen molar-refractivity contribution < 1.29 is 4.52 Å². The lowest BCUT2D eigenvalue weighted by molar-refractivity contribution is 0.368. The molecule has 1 heterocycles. The van der Waals surface area contributed by atoms with Crippen LogP contribution >= 0.6 is 24.0 Å². The van der Waals surface area contributed by atoms with Gasteiger partial charge in [0.25, 0.3) is 0 Å². The summed E-state index contributed by atoms with van der Waals surface area (Å²) in [5.74, 6) is 3.03. The Hall–Kier alpha value is -0.790. The summed E-state index contributed by atoms with van der Waals surface area (Å²) in [6, 6.07) is 2.05. The Morgan fingerprint density at radius 1 is 1.38 bits per heavy atom. The van der Waals surface area contributed by atoms with Crippen molar-refractivity contribution in [2.24, 2.45) is 10.9 Å². The van der Waals surface area contributed by atoms with Crippen LogP contribution in [0.2, 0.25) is 0 Å². The summed E-state index contributed by atoms with van der Waals surface area (Å²) in [5.41, 5.74) is 1.06. The first kappa shape index (κ1) is 18.3. The molecule has 0 spiro atoms. The largest absolute Gasteiger partial charge is 0.359 e. The van der Waals surface area contributed by atoms with Crippen molar-refractivity contribution in [3.63, 3.8) is 0 Å². The minimum Gasteiger partial charge on any atom is -0.359 e. The molecule has 0 bridgehead atoms. The van der Waals surface area contributed by atoms with Crippen molar-refractivity contribution in [2.75, 3.05) is 13.6 Å². The number of nitrogens with zero attached hydrogens (tertiary/aromatic N) is 2. The highest BCUT2D eigenvalue weighted by atomic mass is 127. The Labute approximate surface area is 144 Å². The average Bonchev–Trinajstić information content (AvgIpc) is 3.19. The molecule has 1 aliphatic rings. The molecule has 0 saturated heterocycles. The van der Waals surface area contributed by atoms with E-state index in [0.29, 0.717) is 12.5 Å². The lowest BCUT2D eigenvalue weighted by Gasteiger charge is -2.09. The number of guanidine groups is 1. The maximum Gasteiger partial charge on any atom is 0.191 e. The highest BCUT2D eigenvalue weighted by molar-refractivity contribution is 14.0. The predicted octanol–water partition coefficient (Wildman–Crippen LogP) is 3.27. The highest BCUT2D eigenvalue weighted by Crippen LogP contribution is 2.27. The number of hydrogen-bond acceptors (Lipinski definition) is 3. The summed E-state index contributed by atoms with van der Waals surface area (Å²) >= 11 is 0. The van der Waals surface area contributed by atoms with E-state index in [1.54, 1.807) is 7.05 Å². The van der Waals surface area contributed by atoms with Crippen LogP contribution in [-0.4, -0.2) is 24.7 Å². The van der Waals surface area contributed by atoms with Crippen molar-refractivity contribution >= 4 is 29.9 Å². The lowest BCUT2D eigenvalue weighted by Crippen LogP contribution is -2.37. The second kappa shape index (κ2) is 9.27. The molecule has 0 aliphatic heterocycles. The number of aliphatic imine (C=N–C) groups is 1. The van der Waals surface area contributed by atoms with Gasteiger partial charge in [0.15, 0.2) is 11.7 Å². The van der Waals surface area contributed by atoms with Crippen molar-refractivity contribution in [1.82, 2.24) is 15.8 Å². The van der Waals surface area contributed by atoms with Gasteiger partial charge in [-0.2, -0.15) is 0 Å². The molecule has 0 unspecified atom stereocenters. The number of aromatic nitrogens is 1. The molecule has 21 heavy (non-hydrogen) atoms. The lowest BCUT2D eigenvalue weighted by atomic mass is 9.99. The Kier molecular flexibility index (Phi) is 8.06. The molecule has 1 aliphatic carbocycles. The Balaban J connectivity index is 0.00000220. The van der Waals surface area contributed by atoms with Crippen LogP contribution < -0.4 is 10.6 Å². The molecule has 0 amide bonds. The number of nitrogens with one attached hydrogen (secondary N) is 2. The van der Waals surface area contributed by atoms with Gasteiger partial charge in [-0.15, -0.1) is 24.0 Å². The van der Waals surface area contributed by atoms with E-state index in [2.05, 4.69) is 40.7 Å². The molecule has 5 nitrogen and oxygen atoms in total. The first-order valence-electron chi connectivity index (χ1n) is 7.66. The molecule has 1 aromatic rings. The fraction of sp³-hybridized carbons (Fsp3) is 0.733. The van der Waals surface area contributed by atoms with Crippen molar-refractivity contribution in [2.45, 2.75) is 52.0 Å². The van der Waals surface area contributed by atoms with Gasteiger partial charge in [-0.1, -0.05) is 19.0 Å². The van der Waals surface area contributed by atoms with Crippen LogP contribution in [0.3, 0.4) is 0 Å². The van der Waals surface area contributed by atoms with Gasteiger partial charge < -0.3 is 15.2 Å². The summed E-state index contributed by atoms with van der Waals surface area (Å²) < 4.78 is 5.39. The third kappa shape index (κ3) is 5.84. The van der Waals surface area contributed by atoms with E-state index in [-0.39, 0.29) is 24.0 Å². The SMILES string of the molecule is CCC(CC)c1cc(CNC(=NC)NCC2CC2)on1.I. The van der Waals surface area contributed by atoms with E-state index in [4.69, 9.17) is 4.52 Å². The molecule has 120 valence electrons. The van der Waals surface area contributed by atoms with Crippen molar-refractivity contribution in [3.8, 4) is 0 Å². The van der Waals surface area contributed by atoms with E-state index in [0.717, 1.165) is 42.7 Å². The van der Waals surface area contributed by atoms with Gasteiger partial charge in [-0.25, -0.2) is 0 Å². The van der Waals surface area contributed by atoms with Crippen LogP contribution in [0.25, 0.3) is 0 Å². The zero-order valence-electron chi connectivity index (χ0n) is 13.2. The average molecular weight is 406 g/mol. The highest BCUT2D eigenvalue weighted by Gasteiger charge is 2.21. The smallest absolute Gasteiger partial charge is 0.191 e. The van der Waals surface area contributed by atoms with Gasteiger partial charge in [0, 0.05) is 25.6 Å². The van der Waals surface area contributed by atoms with Gasteiger partial charge in [0.05, 0.1) is 12.2 Å². The topological polar surface area (TPSA) is 62.5 Å². The molecule has 0 aromatic carbocycles. The maximum absolute atomic E-state index is 5.39. The first-order valence-corrected chi connectivity index (χ1v) is 7.66. The Morgan fingerprint density at radius 3 is 2.67 bits per heavy atom. The summed E-state index contributed by atoms with van der Waals surface area (Å²) in [7, 11) is 1.79. The minimum atomic E-state index is 0. The fourth-order valence-corrected chi connectivity index (χ4v) is 2.27. The molecule has 1 saturated carbocycles. The number of hydrogen-bond donors (Lipinski definition) is 2. The molecular weight excluding hydrogens is 379 g/mol. The predicted molar refractivity (Wildman–Crippen MR) is 96.2 cm³/mol. The van der Waals surface area contributed by atoms with Crippen LogP contribution in [-0.2, 0) is 6.54 Å². The number of rotatable bonds is 7. The van der Waals surface area contributed by atoms with Gasteiger partial charge in [-0.3, -0.25) is 4.99 Å². The number of halogens is 1. The van der Waals surface area contributed by atoms with Crippen LogP contribution in [0.5, 0.6) is 0 Å². The van der Waals surface area contributed by atoms with E-state index < -0.39 is 0 Å². The van der Waals surface area contributed by atoms with Crippen molar-refractivity contribution in [1.29, 1.82) is 0 Å². The van der Waals surface area contributed by atoms with Crippen LogP contribution in [0.15, 0.2) is 15.6 Å². The van der Waals surface area contributed by atoms with Gasteiger partial charge in [0.2, 0.25) is 0 Å². The van der Waals surface area contributed by atoms with Gasteiger partial charge in [-0.05, 0) is 31.6 Å². The maximum atomic E-state index is 5.39. The van der Waals surface area contributed by atoms with E-state index >= 15 is 0 Å². The summed E-state index contributed by atoms with van der Waals surface area (Å²) in [5, 5.41) is 10.8. The standard InChI is InChI=1S/C15H26N4O.HI/c1-4-12(5-2)14-8-13(20-19-14)10-18-15(16-3)17-9-11-6-7-11;/h8,11-12H,4-7,9-10H2,1-3H3,(H2,16,17,18);1H. The third-order valence-electron chi connectivity index (χ3n) is 3.89. The van der Waals surface area contributed by atoms with Gasteiger partial charge in [0.1, 0.15) is 0 Å². The molecule has 0 atom stereocenters. The third-order valence-corrected chi connectivity index (χ3v) is 3.89. The van der Waals surface area contributed by atoms with Crippen LogP contribution in [0, 0.1) is 5.92 Å². The molecular formula is C15H27IN4O. The second-order valence-corrected chi connectivity index (χ2v) is 5.48. The van der Waals surface area contributed by atoms with Crippen molar-refractivity contribution in [3.05, 3.63) is 17.5 Å². The fourth-order valence-electron chi connectivity index (χ4n) is 2.27. The molecule has 1 aromatic heterocycles. The Bertz CT molecular complexity index is 439. The monoisotopic (exact) mass is 406 g/mol. The summed E-state index contributed by atoms with van der Waals surface area (Å²) in [6.07, 6.45) is 4.87. The molecule has 0 radical (unpaired) electrons. The van der Waals surface area contributed by atoms with E-state index in [9.17, 15) is 0 Å². The zero-order valence-corrected chi connectivity index (χ0v) is 15.5. The first-order chi connectivity index (χ1) is 9.76. The molecule has 2 N–H and O–H groups in total. The van der Waals surface area contributed by atoms with E-state index in [1.807, 2.05) is 0 Å². The zero-order chi connectivity index (χ0) is 14.4. The van der Waals surface area contributed by atoms with Gasteiger partial charge >= 0.3 is 0 Å².